The molecule has 2 aromatic rings. The van der Waals surface area contributed by atoms with Crippen LogP contribution in [0.25, 0.3) is 5.65 Å². The van der Waals surface area contributed by atoms with Gasteiger partial charge in [-0.3, -0.25) is 9.59 Å². The average Bonchev–Trinajstić information content (AvgIpc) is 2.86. The molecule has 0 fully saturated rings. The maximum atomic E-state index is 11.5. The monoisotopic (exact) mass is 309 g/mol. The number of halogens is 1. The van der Waals surface area contributed by atoms with E-state index >= 15 is 0 Å². The van der Waals surface area contributed by atoms with Crippen molar-refractivity contribution in [1.82, 2.24) is 14.7 Å². The van der Waals surface area contributed by atoms with E-state index in [2.05, 4.69) is 15.0 Å². The minimum Gasteiger partial charge on any atom is -0.469 e. The van der Waals surface area contributed by atoms with Crippen molar-refractivity contribution in [2.45, 2.75) is 19.3 Å². The topological polar surface area (TPSA) is 72.7 Å². The Morgan fingerprint density at radius 1 is 1.33 bits per heavy atom. The highest BCUT2D eigenvalue weighted by Crippen LogP contribution is 2.11. The summed E-state index contributed by atoms with van der Waals surface area (Å²) >= 11 is 5.90. The van der Waals surface area contributed by atoms with Gasteiger partial charge >= 0.3 is 5.97 Å². The fraction of sp³-hybridized carbons (Fsp3) is 0.357. The van der Waals surface area contributed by atoms with Crippen molar-refractivity contribution in [3.05, 3.63) is 35.2 Å². The molecule has 2 aromatic heterocycles. The van der Waals surface area contributed by atoms with Gasteiger partial charge in [-0.1, -0.05) is 11.6 Å². The van der Waals surface area contributed by atoms with Crippen LogP contribution in [0.1, 0.15) is 18.5 Å². The standard InChI is InChI=1S/C14H16ClN3O3/c1-21-14(20)5-4-13(19)16-7-6-11-9-18-8-10(15)2-3-12(18)17-11/h2-3,8-9H,4-7H2,1H3,(H,16,19). The van der Waals surface area contributed by atoms with Crippen LogP contribution in [0.2, 0.25) is 5.02 Å². The van der Waals surface area contributed by atoms with Crippen LogP contribution in [-0.2, 0) is 20.7 Å². The maximum absolute atomic E-state index is 11.5. The molecular formula is C14H16ClN3O3. The molecule has 0 unspecified atom stereocenters. The van der Waals surface area contributed by atoms with Gasteiger partial charge in [-0.2, -0.15) is 0 Å². The number of methoxy groups -OCH3 is 1. The SMILES string of the molecule is COC(=O)CCC(=O)NCCc1cn2cc(Cl)ccc2n1. The number of hydrogen-bond donors (Lipinski definition) is 1. The maximum Gasteiger partial charge on any atom is 0.306 e. The predicted molar refractivity (Wildman–Crippen MR) is 78.2 cm³/mol. The number of nitrogens with zero attached hydrogens (tertiary/aromatic N) is 2. The van der Waals surface area contributed by atoms with Gasteiger partial charge in [0, 0.05) is 31.8 Å². The first kappa shape index (κ1) is 15.3. The summed E-state index contributed by atoms with van der Waals surface area (Å²) in [6.45, 7) is 0.470. The quantitative estimate of drug-likeness (QED) is 0.823. The zero-order valence-corrected chi connectivity index (χ0v) is 12.4. The molecule has 0 radical (unpaired) electrons. The van der Waals surface area contributed by atoms with E-state index < -0.39 is 0 Å². The van der Waals surface area contributed by atoms with Crippen LogP contribution in [0.15, 0.2) is 24.5 Å². The summed E-state index contributed by atoms with van der Waals surface area (Å²) in [5.41, 5.74) is 1.68. The number of amides is 1. The molecule has 6 nitrogen and oxygen atoms in total. The summed E-state index contributed by atoms with van der Waals surface area (Å²) in [5, 5.41) is 3.39. The summed E-state index contributed by atoms with van der Waals surface area (Å²) in [5.74, 6) is -0.561. The van der Waals surface area contributed by atoms with Crippen LogP contribution in [-0.4, -0.2) is 34.9 Å². The molecule has 0 aliphatic carbocycles. The van der Waals surface area contributed by atoms with E-state index in [1.165, 1.54) is 7.11 Å². The first-order chi connectivity index (χ1) is 10.1. The highest BCUT2D eigenvalue weighted by molar-refractivity contribution is 6.30. The van der Waals surface area contributed by atoms with Gasteiger partial charge in [-0.15, -0.1) is 0 Å². The Morgan fingerprint density at radius 2 is 2.14 bits per heavy atom. The Kier molecular flexibility index (Phi) is 5.16. The van der Waals surface area contributed by atoms with Crippen molar-refractivity contribution >= 4 is 29.1 Å². The summed E-state index contributed by atoms with van der Waals surface area (Å²) in [7, 11) is 1.30. The van der Waals surface area contributed by atoms with Crippen molar-refractivity contribution in [2.75, 3.05) is 13.7 Å². The minimum atomic E-state index is -0.387. The Hall–Kier alpha value is -2.08. The second kappa shape index (κ2) is 7.08. The lowest BCUT2D eigenvalue weighted by molar-refractivity contribution is -0.142. The molecule has 1 N–H and O–H groups in total. The van der Waals surface area contributed by atoms with Crippen molar-refractivity contribution in [1.29, 1.82) is 0 Å². The van der Waals surface area contributed by atoms with Gasteiger partial charge in [0.2, 0.25) is 5.91 Å². The minimum absolute atomic E-state index is 0.0925. The Morgan fingerprint density at radius 3 is 2.90 bits per heavy atom. The first-order valence-electron chi connectivity index (χ1n) is 6.55. The fourth-order valence-corrected chi connectivity index (χ4v) is 2.04. The van der Waals surface area contributed by atoms with Gasteiger partial charge < -0.3 is 14.5 Å². The lowest BCUT2D eigenvalue weighted by Gasteiger charge is -2.03. The molecule has 7 heteroatoms. The van der Waals surface area contributed by atoms with E-state index in [0.29, 0.717) is 18.0 Å². The number of rotatable bonds is 6. The van der Waals surface area contributed by atoms with Crippen LogP contribution in [0.5, 0.6) is 0 Å². The summed E-state index contributed by atoms with van der Waals surface area (Å²) in [6.07, 6.45) is 4.50. The third kappa shape index (κ3) is 4.46. The van der Waals surface area contributed by atoms with E-state index in [1.807, 2.05) is 16.7 Å². The van der Waals surface area contributed by atoms with E-state index in [4.69, 9.17) is 11.6 Å². The number of ether oxygens (including phenoxy) is 1. The number of carbonyl (C=O) groups is 2. The van der Waals surface area contributed by atoms with Crippen molar-refractivity contribution < 1.29 is 14.3 Å². The molecule has 0 saturated carbocycles. The number of imidazole rings is 1. The Balaban J connectivity index is 1.79. The second-order valence-electron chi connectivity index (χ2n) is 4.52. The van der Waals surface area contributed by atoms with Crippen molar-refractivity contribution in [2.24, 2.45) is 0 Å². The van der Waals surface area contributed by atoms with E-state index in [-0.39, 0.29) is 24.7 Å². The van der Waals surface area contributed by atoms with Gasteiger partial charge in [0.25, 0.3) is 0 Å². The van der Waals surface area contributed by atoms with E-state index in [1.54, 1.807) is 12.3 Å². The molecule has 0 aliphatic rings. The smallest absolute Gasteiger partial charge is 0.306 e. The third-order valence-electron chi connectivity index (χ3n) is 2.95. The highest BCUT2D eigenvalue weighted by atomic mass is 35.5. The molecule has 0 aliphatic heterocycles. The second-order valence-corrected chi connectivity index (χ2v) is 4.96. The predicted octanol–water partition coefficient (Wildman–Crippen LogP) is 1.60. The number of fused-ring (bicyclic) bond motifs is 1. The highest BCUT2D eigenvalue weighted by Gasteiger charge is 2.07. The molecule has 2 heterocycles. The summed E-state index contributed by atoms with van der Waals surface area (Å²) < 4.78 is 6.32. The third-order valence-corrected chi connectivity index (χ3v) is 3.18. The van der Waals surface area contributed by atoms with Gasteiger partial charge in [0.1, 0.15) is 5.65 Å². The zero-order chi connectivity index (χ0) is 15.2. The lowest BCUT2D eigenvalue weighted by atomic mass is 10.3. The number of hydrogen-bond acceptors (Lipinski definition) is 4. The number of carbonyl (C=O) groups excluding carboxylic acids is 2. The largest absolute Gasteiger partial charge is 0.469 e. The lowest BCUT2D eigenvalue weighted by Crippen LogP contribution is -2.26. The number of pyridine rings is 1. The van der Waals surface area contributed by atoms with E-state index in [9.17, 15) is 9.59 Å². The molecule has 0 saturated heterocycles. The molecule has 0 spiro atoms. The van der Waals surface area contributed by atoms with Gasteiger partial charge in [0.05, 0.1) is 24.2 Å². The normalized spacial score (nSPS) is 10.6. The van der Waals surface area contributed by atoms with Gasteiger partial charge in [-0.25, -0.2) is 4.98 Å². The van der Waals surface area contributed by atoms with Crippen LogP contribution >= 0.6 is 11.6 Å². The first-order valence-corrected chi connectivity index (χ1v) is 6.93. The van der Waals surface area contributed by atoms with Crippen LogP contribution < -0.4 is 5.32 Å². The van der Waals surface area contributed by atoms with Crippen LogP contribution in [0.4, 0.5) is 0 Å². The van der Waals surface area contributed by atoms with E-state index in [0.717, 1.165) is 11.3 Å². The fourth-order valence-electron chi connectivity index (χ4n) is 1.87. The molecule has 0 bridgehead atoms. The molecule has 0 aromatic carbocycles. The van der Waals surface area contributed by atoms with Gasteiger partial charge in [-0.05, 0) is 12.1 Å². The Labute approximate surface area is 127 Å². The average molecular weight is 310 g/mol. The van der Waals surface area contributed by atoms with Crippen molar-refractivity contribution in [3.63, 3.8) is 0 Å². The number of aromatic nitrogens is 2. The molecular weight excluding hydrogens is 294 g/mol. The summed E-state index contributed by atoms with van der Waals surface area (Å²) in [4.78, 5) is 26.8. The molecule has 1 amide bonds. The zero-order valence-electron chi connectivity index (χ0n) is 11.6. The number of esters is 1. The Bertz CT molecular complexity index is 654. The molecule has 21 heavy (non-hydrogen) atoms. The number of nitrogens with one attached hydrogen (secondary N) is 1. The molecule has 112 valence electrons. The van der Waals surface area contributed by atoms with Crippen molar-refractivity contribution in [3.8, 4) is 0 Å². The molecule has 0 atom stereocenters. The summed E-state index contributed by atoms with van der Waals surface area (Å²) in [6, 6.07) is 3.61. The molecule has 2 rings (SSSR count). The van der Waals surface area contributed by atoms with Crippen LogP contribution in [0.3, 0.4) is 0 Å². The van der Waals surface area contributed by atoms with Gasteiger partial charge in [0.15, 0.2) is 0 Å². The van der Waals surface area contributed by atoms with Crippen LogP contribution in [0, 0.1) is 0 Å².